The highest BCUT2D eigenvalue weighted by Crippen LogP contribution is 2.32. The third kappa shape index (κ3) is 3.75. The Kier molecular flexibility index (Phi) is 5.48. The lowest BCUT2D eigenvalue weighted by Gasteiger charge is -2.30. The number of carbonyl (C=O) groups is 4. The first kappa shape index (κ1) is 19.6. The largest absolute Gasteiger partial charge is 0.497 e. The minimum atomic E-state index is -1.06. The Balaban J connectivity index is 1.56. The molecule has 1 saturated heterocycles. The van der Waals surface area contributed by atoms with Gasteiger partial charge in [-0.05, 0) is 25.0 Å². The Morgan fingerprint density at radius 2 is 1.96 bits per heavy atom. The van der Waals surface area contributed by atoms with Gasteiger partial charge in [0.1, 0.15) is 17.1 Å². The van der Waals surface area contributed by atoms with Crippen molar-refractivity contribution in [1.29, 1.82) is 0 Å². The van der Waals surface area contributed by atoms with E-state index in [2.05, 4.69) is 10.7 Å². The van der Waals surface area contributed by atoms with Crippen molar-refractivity contribution in [2.45, 2.75) is 37.6 Å². The Morgan fingerprint density at radius 3 is 2.61 bits per heavy atom. The molecule has 0 aromatic heterocycles. The number of hydrazine groups is 1. The maximum absolute atomic E-state index is 13.9. The molecule has 10 heteroatoms. The zero-order valence-corrected chi connectivity index (χ0v) is 15.2. The van der Waals surface area contributed by atoms with E-state index in [0.29, 0.717) is 17.9 Å². The third-order valence-electron chi connectivity index (χ3n) is 4.84. The molecule has 1 aromatic carbocycles. The van der Waals surface area contributed by atoms with E-state index in [1.54, 1.807) is 0 Å². The summed E-state index contributed by atoms with van der Waals surface area (Å²) in [4.78, 5) is 48.6. The predicted molar refractivity (Wildman–Crippen MR) is 92.6 cm³/mol. The number of benzene rings is 1. The lowest BCUT2D eigenvalue weighted by Crippen LogP contribution is -2.51. The summed E-state index contributed by atoms with van der Waals surface area (Å²) in [5, 5.41) is 3.24. The number of esters is 1. The molecule has 1 heterocycles. The molecule has 0 radical (unpaired) electrons. The van der Waals surface area contributed by atoms with Gasteiger partial charge in [-0.15, -0.1) is 0 Å². The molecule has 0 unspecified atom stereocenters. The zero-order chi connectivity index (χ0) is 20.3. The average molecular weight is 393 g/mol. The van der Waals surface area contributed by atoms with Gasteiger partial charge >= 0.3 is 12.0 Å². The van der Waals surface area contributed by atoms with Crippen LogP contribution in [0.3, 0.4) is 0 Å². The molecule has 150 valence electrons. The first-order valence-electron chi connectivity index (χ1n) is 8.83. The molecule has 1 aliphatic carbocycles. The highest BCUT2D eigenvalue weighted by molar-refractivity contribution is 6.08. The minimum Gasteiger partial charge on any atom is -0.497 e. The number of hydrogen-bond donors (Lipinski definition) is 2. The molecular weight excluding hydrogens is 373 g/mol. The van der Waals surface area contributed by atoms with E-state index in [4.69, 9.17) is 9.47 Å². The summed E-state index contributed by atoms with van der Waals surface area (Å²) >= 11 is 0. The number of ether oxygens (including phenoxy) is 2. The van der Waals surface area contributed by atoms with Crippen LogP contribution in [-0.4, -0.2) is 48.1 Å². The SMILES string of the molecule is COc1ccc(C(=O)OCC(=O)NN2C(=O)NC3(CCCCC3)C2=O)c(F)c1. The van der Waals surface area contributed by atoms with Gasteiger partial charge in [-0.1, -0.05) is 19.3 Å². The Labute approximate surface area is 160 Å². The molecule has 1 saturated carbocycles. The molecular formula is C18H20FN3O6. The van der Waals surface area contributed by atoms with Crippen LogP contribution in [-0.2, 0) is 14.3 Å². The van der Waals surface area contributed by atoms with Gasteiger partial charge < -0.3 is 14.8 Å². The van der Waals surface area contributed by atoms with E-state index in [0.717, 1.165) is 25.3 Å². The number of nitrogens with one attached hydrogen (secondary N) is 2. The van der Waals surface area contributed by atoms with Gasteiger partial charge in [-0.25, -0.2) is 14.0 Å². The van der Waals surface area contributed by atoms with Gasteiger partial charge in [0.05, 0.1) is 12.7 Å². The van der Waals surface area contributed by atoms with E-state index in [1.807, 2.05) is 0 Å². The second kappa shape index (κ2) is 7.83. The first-order valence-corrected chi connectivity index (χ1v) is 8.83. The predicted octanol–water partition coefficient (Wildman–Crippen LogP) is 1.28. The summed E-state index contributed by atoms with van der Waals surface area (Å²) in [6.45, 7) is -0.783. The lowest BCUT2D eigenvalue weighted by atomic mass is 9.82. The van der Waals surface area contributed by atoms with E-state index >= 15 is 0 Å². The smallest absolute Gasteiger partial charge is 0.344 e. The molecule has 2 fully saturated rings. The van der Waals surface area contributed by atoms with Crippen LogP contribution in [0.15, 0.2) is 18.2 Å². The number of nitrogens with zero attached hydrogens (tertiary/aromatic N) is 1. The summed E-state index contributed by atoms with van der Waals surface area (Å²) in [5.41, 5.74) is 0.780. The van der Waals surface area contributed by atoms with Crippen molar-refractivity contribution in [3.8, 4) is 5.75 Å². The van der Waals surface area contributed by atoms with Crippen molar-refractivity contribution in [1.82, 2.24) is 15.8 Å². The zero-order valence-electron chi connectivity index (χ0n) is 15.2. The maximum atomic E-state index is 13.9. The maximum Gasteiger partial charge on any atom is 0.344 e. The van der Waals surface area contributed by atoms with E-state index in [9.17, 15) is 23.6 Å². The fourth-order valence-corrected chi connectivity index (χ4v) is 3.37. The van der Waals surface area contributed by atoms with Crippen LogP contribution >= 0.6 is 0 Å². The third-order valence-corrected chi connectivity index (χ3v) is 4.84. The number of halogens is 1. The molecule has 1 aromatic rings. The molecule has 2 aliphatic rings. The van der Waals surface area contributed by atoms with Gasteiger partial charge in [-0.3, -0.25) is 15.0 Å². The molecule has 2 N–H and O–H groups in total. The van der Waals surface area contributed by atoms with Gasteiger partial charge in [0.2, 0.25) is 0 Å². The van der Waals surface area contributed by atoms with Crippen LogP contribution in [0.25, 0.3) is 0 Å². The molecule has 3 rings (SSSR count). The Bertz CT molecular complexity index is 822. The van der Waals surface area contributed by atoms with Crippen molar-refractivity contribution in [3.63, 3.8) is 0 Å². The summed E-state index contributed by atoms with van der Waals surface area (Å²) in [7, 11) is 1.35. The van der Waals surface area contributed by atoms with Gasteiger partial charge in [0, 0.05) is 6.07 Å². The summed E-state index contributed by atoms with van der Waals surface area (Å²) in [6, 6.07) is 2.82. The van der Waals surface area contributed by atoms with Crippen molar-refractivity contribution < 1.29 is 33.0 Å². The van der Waals surface area contributed by atoms with E-state index in [1.165, 1.54) is 19.2 Å². The van der Waals surface area contributed by atoms with Gasteiger partial charge in [-0.2, -0.15) is 5.01 Å². The number of urea groups is 1. The summed E-state index contributed by atoms with van der Waals surface area (Å²) < 4.78 is 23.5. The molecule has 0 atom stereocenters. The van der Waals surface area contributed by atoms with Crippen molar-refractivity contribution >= 4 is 23.8 Å². The monoisotopic (exact) mass is 393 g/mol. The minimum absolute atomic E-state index is 0.224. The first-order chi connectivity index (χ1) is 13.4. The number of imide groups is 1. The fraction of sp³-hybridized carbons (Fsp3) is 0.444. The van der Waals surface area contributed by atoms with E-state index in [-0.39, 0.29) is 11.3 Å². The fourth-order valence-electron chi connectivity index (χ4n) is 3.37. The molecule has 4 amide bonds. The quantitative estimate of drug-likeness (QED) is 0.575. The summed E-state index contributed by atoms with van der Waals surface area (Å²) in [6.07, 6.45) is 3.61. The van der Waals surface area contributed by atoms with Gasteiger partial charge in [0.15, 0.2) is 6.61 Å². The second-order valence-corrected chi connectivity index (χ2v) is 6.67. The summed E-state index contributed by atoms with van der Waals surface area (Å²) in [5.74, 6) is -3.12. The molecule has 0 bridgehead atoms. The molecule has 1 spiro atoms. The van der Waals surface area contributed by atoms with Crippen LogP contribution in [0, 0.1) is 5.82 Å². The number of carbonyl (C=O) groups excluding carboxylic acids is 4. The average Bonchev–Trinajstić information content (AvgIpc) is 2.90. The van der Waals surface area contributed by atoms with Crippen LogP contribution in [0.4, 0.5) is 9.18 Å². The van der Waals surface area contributed by atoms with Crippen molar-refractivity contribution in [3.05, 3.63) is 29.6 Å². The number of amides is 4. The van der Waals surface area contributed by atoms with Gasteiger partial charge in [0.25, 0.3) is 11.8 Å². The van der Waals surface area contributed by atoms with Crippen LogP contribution < -0.4 is 15.5 Å². The lowest BCUT2D eigenvalue weighted by molar-refractivity contribution is -0.140. The molecule has 28 heavy (non-hydrogen) atoms. The normalized spacial score (nSPS) is 18.0. The van der Waals surface area contributed by atoms with Crippen LogP contribution in [0.2, 0.25) is 0 Å². The van der Waals surface area contributed by atoms with Crippen molar-refractivity contribution in [2.75, 3.05) is 13.7 Å². The molecule has 1 aliphatic heterocycles. The second-order valence-electron chi connectivity index (χ2n) is 6.67. The van der Waals surface area contributed by atoms with Crippen LogP contribution in [0.1, 0.15) is 42.5 Å². The van der Waals surface area contributed by atoms with Crippen molar-refractivity contribution in [2.24, 2.45) is 0 Å². The Morgan fingerprint density at radius 1 is 1.25 bits per heavy atom. The highest BCUT2D eigenvalue weighted by Gasteiger charge is 2.52. The number of rotatable bonds is 5. The molecule has 9 nitrogen and oxygen atoms in total. The number of hydrogen-bond acceptors (Lipinski definition) is 6. The number of methoxy groups -OCH3 is 1. The van der Waals surface area contributed by atoms with Crippen LogP contribution in [0.5, 0.6) is 5.75 Å². The Hall–Kier alpha value is -3.17. The van der Waals surface area contributed by atoms with E-state index < -0.39 is 41.8 Å². The highest BCUT2D eigenvalue weighted by atomic mass is 19.1. The standard InChI is InChI=1S/C18H20FN3O6/c1-27-11-5-6-12(13(19)9-11)15(24)28-10-14(23)21-22-16(25)18(20-17(22)26)7-3-2-4-8-18/h5-6,9H,2-4,7-8,10H2,1H3,(H,20,26)(H,21,23). The topological polar surface area (TPSA) is 114 Å².